The van der Waals surface area contributed by atoms with Crippen LogP contribution in [0.5, 0.6) is 0 Å². The minimum Gasteiger partial charge on any atom is -0.342 e. The third kappa shape index (κ3) is 4.49. The Morgan fingerprint density at radius 2 is 1.57 bits per heavy atom. The van der Waals surface area contributed by atoms with Gasteiger partial charge in [0.05, 0.1) is 5.92 Å². The summed E-state index contributed by atoms with van der Waals surface area (Å²) in [6.45, 7) is 4.97. The summed E-state index contributed by atoms with van der Waals surface area (Å²) in [6.07, 6.45) is 3.84. The maximum Gasteiger partial charge on any atom is 0.253 e. The molecule has 1 aromatic rings. The van der Waals surface area contributed by atoms with E-state index in [1.54, 1.807) is 4.90 Å². The second-order valence-electron chi connectivity index (χ2n) is 8.18. The number of hydrogen-bond acceptors (Lipinski definition) is 3. The molecule has 2 amide bonds. The zero-order valence-corrected chi connectivity index (χ0v) is 16.9. The number of carbonyl (C=O) groups is 2. The predicted octanol–water partition coefficient (Wildman–Crippen LogP) is 2.56. The number of halogens is 2. The summed E-state index contributed by atoms with van der Waals surface area (Å²) in [4.78, 5) is 29.6. The lowest BCUT2D eigenvalue weighted by Gasteiger charge is -2.35. The predicted molar refractivity (Wildman–Crippen MR) is 108 cm³/mol. The number of hydrogen-bond donors (Lipinski definition) is 1. The standard InChI is InChI=1S/C21H28FN3O2.ClH/c22-19-5-3-15(4-6-19)20(26)25-9-1-2-18(14-25)21(27)24-10-7-16-12-23-13-17(16)8-11-24;/h3-6,16-18,23H,1-2,7-14H2;1H/t16-,17+,18?;. The molecule has 0 radical (unpaired) electrons. The number of carbonyl (C=O) groups excluding carboxylic acids is 2. The van der Waals surface area contributed by atoms with Crippen LogP contribution in [-0.2, 0) is 4.79 Å². The molecule has 0 spiro atoms. The fourth-order valence-electron chi connectivity index (χ4n) is 4.83. The Hall–Kier alpha value is -1.66. The van der Waals surface area contributed by atoms with E-state index in [1.165, 1.54) is 24.3 Å². The number of nitrogens with one attached hydrogen (secondary N) is 1. The highest BCUT2D eigenvalue weighted by Gasteiger charge is 2.35. The highest BCUT2D eigenvalue weighted by Crippen LogP contribution is 2.29. The van der Waals surface area contributed by atoms with Crippen molar-refractivity contribution >= 4 is 24.2 Å². The summed E-state index contributed by atoms with van der Waals surface area (Å²) in [6, 6.07) is 5.65. The summed E-state index contributed by atoms with van der Waals surface area (Å²) in [5.41, 5.74) is 0.486. The average Bonchev–Trinajstić information content (AvgIpc) is 3.06. The van der Waals surface area contributed by atoms with E-state index in [0.29, 0.717) is 30.5 Å². The minimum atomic E-state index is -0.348. The van der Waals surface area contributed by atoms with Crippen molar-refractivity contribution in [3.8, 4) is 0 Å². The van der Waals surface area contributed by atoms with Gasteiger partial charge in [0.2, 0.25) is 5.91 Å². The van der Waals surface area contributed by atoms with Crippen LogP contribution in [0.4, 0.5) is 4.39 Å². The molecule has 3 heterocycles. The monoisotopic (exact) mass is 409 g/mol. The van der Waals surface area contributed by atoms with Gasteiger partial charge in [-0.25, -0.2) is 4.39 Å². The Labute approximate surface area is 172 Å². The molecule has 1 aromatic carbocycles. The van der Waals surface area contributed by atoms with Gasteiger partial charge in [-0.1, -0.05) is 0 Å². The van der Waals surface area contributed by atoms with Crippen molar-refractivity contribution in [2.24, 2.45) is 17.8 Å². The lowest BCUT2D eigenvalue weighted by atomic mass is 9.92. The smallest absolute Gasteiger partial charge is 0.253 e. The van der Waals surface area contributed by atoms with Crippen LogP contribution in [0.25, 0.3) is 0 Å². The maximum atomic E-state index is 13.1. The molecule has 3 aliphatic heterocycles. The van der Waals surface area contributed by atoms with Gasteiger partial charge in [0.25, 0.3) is 5.91 Å². The number of amides is 2. The fraction of sp³-hybridized carbons (Fsp3) is 0.619. The van der Waals surface area contributed by atoms with Gasteiger partial charge in [0, 0.05) is 31.7 Å². The third-order valence-electron chi connectivity index (χ3n) is 6.48. The van der Waals surface area contributed by atoms with Crippen LogP contribution in [-0.4, -0.2) is 60.9 Å². The third-order valence-corrected chi connectivity index (χ3v) is 6.48. The molecule has 3 atom stereocenters. The maximum absolute atomic E-state index is 13.1. The zero-order chi connectivity index (χ0) is 18.8. The van der Waals surface area contributed by atoms with Gasteiger partial charge in [-0.2, -0.15) is 0 Å². The molecular weight excluding hydrogens is 381 g/mol. The second kappa shape index (κ2) is 9.23. The highest BCUT2D eigenvalue weighted by molar-refractivity contribution is 5.94. The first-order valence-corrected chi connectivity index (χ1v) is 10.2. The molecule has 5 nitrogen and oxygen atoms in total. The van der Waals surface area contributed by atoms with Crippen molar-refractivity contribution in [3.63, 3.8) is 0 Å². The van der Waals surface area contributed by atoms with Crippen molar-refractivity contribution in [1.29, 1.82) is 0 Å². The van der Waals surface area contributed by atoms with E-state index < -0.39 is 0 Å². The van der Waals surface area contributed by atoms with Gasteiger partial charge >= 0.3 is 0 Å². The SMILES string of the molecule is Cl.O=C(c1ccc(F)cc1)N1CCCC(C(=O)N2CC[C@@H]3CNC[C@@H]3CC2)C1. The zero-order valence-electron chi connectivity index (χ0n) is 16.1. The van der Waals surface area contributed by atoms with Crippen molar-refractivity contribution in [1.82, 2.24) is 15.1 Å². The van der Waals surface area contributed by atoms with E-state index in [4.69, 9.17) is 0 Å². The lowest BCUT2D eigenvalue weighted by Crippen LogP contribution is -2.47. The van der Waals surface area contributed by atoms with Crippen LogP contribution in [0.2, 0.25) is 0 Å². The van der Waals surface area contributed by atoms with Gasteiger partial charge in [0.15, 0.2) is 0 Å². The Morgan fingerprint density at radius 3 is 2.21 bits per heavy atom. The summed E-state index contributed by atoms with van der Waals surface area (Å²) < 4.78 is 13.1. The van der Waals surface area contributed by atoms with Crippen molar-refractivity contribution in [3.05, 3.63) is 35.6 Å². The molecule has 0 bridgehead atoms. The van der Waals surface area contributed by atoms with Crippen molar-refractivity contribution < 1.29 is 14.0 Å². The largest absolute Gasteiger partial charge is 0.342 e. The first-order valence-electron chi connectivity index (χ1n) is 10.2. The number of benzene rings is 1. The summed E-state index contributed by atoms with van der Waals surface area (Å²) in [5, 5.41) is 3.47. The van der Waals surface area contributed by atoms with E-state index in [1.807, 2.05) is 4.90 Å². The molecule has 0 aliphatic carbocycles. The Bertz CT molecular complexity index is 685. The van der Waals surface area contributed by atoms with Crippen molar-refractivity contribution in [2.75, 3.05) is 39.3 Å². The molecule has 3 aliphatic rings. The highest BCUT2D eigenvalue weighted by atomic mass is 35.5. The van der Waals surface area contributed by atoms with Gasteiger partial charge in [-0.05, 0) is 74.9 Å². The number of fused-ring (bicyclic) bond motifs is 1. The van der Waals surface area contributed by atoms with E-state index in [0.717, 1.165) is 51.9 Å². The molecule has 3 fully saturated rings. The van der Waals surface area contributed by atoms with E-state index >= 15 is 0 Å². The Kier molecular flexibility index (Phi) is 6.94. The summed E-state index contributed by atoms with van der Waals surface area (Å²) in [5.74, 6) is 1.04. The van der Waals surface area contributed by atoms with Gasteiger partial charge in [0.1, 0.15) is 5.82 Å². The van der Waals surface area contributed by atoms with Crippen molar-refractivity contribution in [2.45, 2.75) is 25.7 Å². The van der Waals surface area contributed by atoms with Gasteiger partial charge in [-0.15, -0.1) is 12.4 Å². The molecular formula is C21H29ClFN3O2. The van der Waals surface area contributed by atoms with Gasteiger partial charge in [-0.3, -0.25) is 9.59 Å². The fourth-order valence-corrected chi connectivity index (χ4v) is 4.83. The average molecular weight is 410 g/mol. The van der Waals surface area contributed by atoms with Crippen LogP contribution < -0.4 is 5.32 Å². The number of nitrogens with zero attached hydrogens (tertiary/aromatic N) is 2. The van der Waals surface area contributed by atoms with E-state index in [9.17, 15) is 14.0 Å². The van der Waals surface area contributed by atoms with Crippen LogP contribution in [0.15, 0.2) is 24.3 Å². The molecule has 28 heavy (non-hydrogen) atoms. The Morgan fingerprint density at radius 1 is 0.929 bits per heavy atom. The molecule has 0 saturated carbocycles. The molecule has 0 aromatic heterocycles. The first kappa shape index (κ1) is 21.1. The summed E-state index contributed by atoms with van der Waals surface area (Å²) >= 11 is 0. The van der Waals surface area contributed by atoms with E-state index in [2.05, 4.69) is 5.32 Å². The molecule has 3 saturated heterocycles. The molecule has 4 rings (SSSR count). The van der Waals surface area contributed by atoms with Gasteiger partial charge < -0.3 is 15.1 Å². The van der Waals surface area contributed by atoms with Crippen LogP contribution >= 0.6 is 12.4 Å². The topological polar surface area (TPSA) is 52.7 Å². The van der Waals surface area contributed by atoms with E-state index in [-0.39, 0.29) is 36.0 Å². The van der Waals surface area contributed by atoms with Crippen LogP contribution in [0.3, 0.4) is 0 Å². The molecule has 1 N–H and O–H groups in total. The molecule has 154 valence electrons. The minimum absolute atomic E-state index is 0. The quantitative estimate of drug-likeness (QED) is 0.816. The lowest BCUT2D eigenvalue weighted by molar-refractivity contribution is -0.137. The van der Waals surface area contributed by atoms with Crippen LogP contribution in [0.1, 0.15) is 36.0 Å². The number of piperidine rings is 1. The normalized spacial score (nSPS) is 27.5. The number of rotatable bonds is 2. The second-order valence-corrected chi connectivity index (χ2v) is 8.18. The van der Waals surface area contributed by atoms with Crippen LogP contribution in [0, 0.1) is 23.6 Å². The molecule has 1 unspecified atom stereocenters. The number of likely N-dealkylation sites (tertiary alicyclic amines) is 2. The first-order chi connectivity index (χ1) is 13.1. The Balaban J connectivity index is 0.00000225. The summed E-state index contributed by atoms with van der Waals surface area (Å²) in [7, 11) is 0. The molecule has 7 heteroatoms.